The predicted octanol–water partition coefficient (Wildman–Crippen LogP) is 5.25. The molecule has 0 radical (unpaired) electrons. The van der Waals surface area contributed by atoms with E-state index >= 15 is 0 Å². The molecule has 0 unspecified atom stereocenters. The van der Waals surface area contributed by atoms with Gasteiger partial charge in [-0.1, -0.05) is 6.42 Å². The highest BCUT2D eigenvalue weighted by Crippen LogP contribution is 2.49. The van der Waals surface area contributed by atoms with E-state index in [0.29, 0.717) is 41.1 Å². The fourth-order valence-corrected chi connectivity index (χ4v) is 7.46. The summed E-state index contributed by atoms with van der Waals surface area (Å²) in [6.07, 6.45) is 8.71. The van der Waals surface area contributed by atoms with Crippen molar-refractivity contribution in [3.8, 4) is 5.75 Å². The number of fused-ring (bicyclic) bond motifs is 2. The number of carbonyl (C=O) groups excluding carboxylic acids is 1. The van der Waals surface area contributed by atoms with Gasteiger partial charge in [-0.25, -0.2) is 8.42 Å². The first-order chi connectivity index (χ1) is 16.9. The van der Waals surface area contributed by atoms with Crippen LogP contribution in [0.1, 0.15) is 51.4 Å². The minimum Gasteiger partial charge on any atom is -0.497 e. The molecule has 3 aliphatic rings. The number of nitrogens with zero attached hydrogens (tertiary/aromatic N) is 1. The summed E-state index contributed by atoms with van der Waals surface area (Å²) in [5, 5.41) is 2.98. The topological polar surface area (TPSA) is 87.7 Å². The molecule has 2 aromatic rings. The lowest BCUT2D eigenvalue weighted by molar-refractivity contribution is -0.117. The number of piperidine rings is 1. The number of amides is 1. The molecule has 35 heavy (non-hydrogen) atoms. The largest absolute Gasteiger partial charge is 0.497 e. The maximum atomic E-state index is 13.5. The molecule has 188 valence electrons. The molecule has 1 heterocycles. The maximum Gasteiger partial charge on any atom is 0.264 e. The molecular formula is C27H35N3O4S. The SMILES string of the molecule is COc1ccc(NS(=O)(=O)c2cc(NC(=O)C[C@H]3C[C@H]4CC[C@@H]3C4)ccc2N2CCCCC2)cc1. The van der Waals surface area contributed by atoms with Crippen molar-refractivity contribution >= 4 is 33.0 Å². The first-order valence-electron chi connectivity index (χ1n) is 12.8. The molecule has 3 atom stereocenters. The third-order valence-corrected chi connectivity index (χ3v) is 9.31. The first-order valence-corrected chi connectivity index (χ1v) is 14.3. The number of hydrogen-bond acceptors (Lipinski definition) is 5. The van der Waals surface area contributed by atoms with Crippen molar-refractivity contribution < 1.29 is 17.9 Å². The second kappa shape index (κ2) is 10.1. The van der Waals surface area contributed by atoms with Gasteiger partial charge in [0, 0.05) is 30.9 Å². The number of nitrogens with one attached hydrogen (secondary N) is 2. The van der Waals surface area contributed by atoms with Crippen LogP contribution in [0.3, 0.4) is 0 Å². The first kappa shape index (κ1) is 24.0. The lowest BCUT2D eigenvalue weighted by Crippen LogP contribution is -2.31. The summed E-state index contributed by atoms with van der Waals surface area (Å²) >= 11 is 0. The van der Waals surface area contributed by atoms with Gasteiger partial charge in [0.15, 0.2) is 0 Å². The molecule has 1 saturated heterocycles. The van der Waals surface area contributed by atoms with Crippen molar-refractivity contribution in [2.45, 2.75) is 56.3 Å². The Morgan fingerprint density at radius 2 is 1.74 bits per heavy atom. The lowest BCUT2D eigenvalue weighted by atomic mass is 9.86. The summed E-state index contributed by atoms with van der Waals surface area (Å²) in [6.45, 7) is 1.64. The van der Waals surface area contributed by atoms with Crippen molar-refractivity contribution in [3.63, 3.8) is 0 Å². The van der Waals surface area contributed by atoms with E-state index in [-0.39, 0.29) is 10.8 Å². The van der Waals surface area contributed by atoms with E-state index in [1.807, 2.05) is 12.1 Å². The molecule has 0 spiro atoms. The van der Waals surface area contributed by atoms with E-state index in [9.17, 15) is 13.2 Å². The van der Waals surface area contributed by atoms with Crippen molar-refractivity contribution in [1.29, 1.82) is 0 Å². The van der Waals surface area contributed by atoms with Crippen LogP contribution >= 0.6 is 0 Å². The summed E-state index contributed by atoms with van der Waals surface area (Å²) in [6, 6.07) is 12.1. The minimum absolute atomic E-state index is 0.0280. The third kappa shape index (κ3) is 5.42. The zero-order valence-electron chi connectivity index (χ0n) is 20.3. The monoisotopic (exact) mass is 497 g/mol. The van der Waals surface area contributed by atoms with Gasteiger partial charge in [-0.15, -0.1) is 0 Å². The molecule has 2 N–H and O–H groups in total. The van der Waals surface area contributed by atoms with Crippen LogP contribution in [0.4, 0.5) is 17.1 Å². The average Bonchev–Trinajstić information content (AvgIpc) is 3.48. The fourth-order valence-electron chi connectivity index (χ4n) is 6.15. The third-order valence-electron chi connectivity index (χ3n) is 7.90. The smallest absolute Gasteiger partial charge is 0.264 e. The zero-order chi connectivity index (χ0) is 24.4. The number of hydrogen-bond donors (Lipinski definition) is 2. The summed E-state index contributed by atoms with van der Waals surface area (Å²) < 4.78 is 35.0. The van der Waals surface area contributed by atoms with Gasteiger partial charge >= 0.3 is 0 Å². The van der Waals surface area contributed by atoms with Crippen molar-refractivity contribution in [2.24, 2.45) is 17.8 Å². The highest BCUT2D eigenvalue weighted by atomic mass is 32.2. The molecule has 8 heteroatoms. The highest BCUT2D eigenvalue weighted by Gasteiger charge is 2.40. The molecule has 1 aliphatic heterocycles. The zero-order valence-corrected chi connectivity index (χ0v) is 21.1. The van der Waals surface area contributed by atoms with Crippen LogP contribution in [0.15, 0.2) is 47.4 Å². The number of ether oxygens (including phenoxy) is 1. The van der Waals surface area contributed by atoms with Crippen LogP contribution < -0.4 is 19.7 Å². The van der Waals surface area contributed by atoms with Gasteiger partial charge in [-0.05, 0) is 98.7 Å². The predicted molar refractivity (Wildman–Crippen MR) is 138 cm³/mol. The second-order valence-corrected chi connectivity index (χ2v) is 11.9. The average molecular weight is 498 g/mol. The van der Waals surface area contributed by atoms with E-state index in [1.165, 1.54) is 19.3 Å². The number of rotatable bonds is 8. The van der Waals surface area contributed by atoms with Gasteiger partial charge in [-0.2, -0.15) is 0 Å². The number of methoxy groups -OCH3 is 1. The number of carbonyl (C=O) groups is 1. The Kier molecular flexibility index (Phi) is 6.91. The van der Waals surface area contributed by atoms with Crippen LogP contribution in [0, 0.1) is 17.8 Å². The Hall–Kier alpha value is -2.74. The molecular weight excluding hydrogens is 462 g/mol. The van der Waals surface area contributed by atoms with Crippen LogP contribution in [-0.2, 0) is 14.8 Å². The second-order valence-electron chi connectivity index (χ2n) is 10.3. The van der Waals surface area contributed by atoms with Crippen LogP contribution in [0.2, 0.25) is 0 Å². The molecule has 2 aromatic carbocycles. The van der Waals surface area contributed by atoms with Crippen LogP contribution in [0.25, 0.3) is 0 Å². The molecule has 2 saturated carbocycles. The van der Waals surface area contributed by atoms with Crippen molar-refractivity contribution in [1.82, 2.24) is 0 Å². The molecule has 7 nitrogen and oxygen atoms in total. The normalized spacial score (nSPS) is 23.8. The number of sulfonamides is 1. The highest BCUT2D eigenvalue weighted by molar-refractivity contribution is 7.92. The Labute approximate surface area is 208 Å². The summed E-state index contributed by atoms with van der Waals surface area (Å²) in [4.78, 5) is 15.2. The number of benzene rings is 2. The molecule has 1 amide bonds. The van der Waals surface area contributed by atoms with Gasteiger partial charge < -0.3 is 15.0 Å². The summed E-state index contributed by atoms with van der Waals surface area (Å²) in [5.41, 5.74) is 1.66. The number of anilines is 3. The summed E-state index contributed by atoms with van der Waals surface area (Å²) in [5.74, 6) is 2.56. The fraction of sp³-hybridized carbons (Fsp3) is 0.519. The van der Waals surface area contributed by atoms with Crippen LogP contribution in [-0.4, -0.2) is 34.5 Å². The quantitative estimate of drug-likeness (QED) is 0.520. The van der Waals surface area contributed by atoms with E-state index in [0.717, 1.165) is 44.7 Å². The van der Waals surface area contributed by atoms with Gasteiger partial charge in [0.25, 0.3) is 10.0 Å². The van der Waals surface area contributed by atoms with Crippen molar-refractivity contribution in [3.05, 3.63) is 42.5 Å². The van der Waals surface area contributed by atoms with Crippen molar-refractivity contribution in [2.75, 3.05) is 35.1 Å². The van der Waals surface area contributed by atoms with Gasteiger partial charge in [0.05, 0.1) is 12.8 Å². The molecule has 5 rings (SSSR count). The van der Waals surface area contributed by atoms with E-state index in [2.05, 4.69) is 14.9 Å². The summed E-state index contributed by atoms with van der Waals surface area (Å²) in [7, 11) is -2.31. The van der Waals surface area contributed by atoms with Gasteiger partial charge in [0.2, 0.25) is 5.91 Å². The Morgan fingerprint density at radius 3 is 2.40 bits per heavy atom. The molecule has 2 aliphatic carbocycles. The van der Waals surface area contributed by atoms with Gasteiger partial charge in [-0.3, -0.25) is 9.52 Å². The minimum atomic E-state index is -3.88. The Morgan fingerprint density at radius 1 is 1.00 bits per heavy atom. The molecule has 2 bridgehead atoms. The Balaban J connectivity index is 1.37. The van der Waals surface area contributed by atoms with E-state index < -0.39 is 10.0 Å². The van der Waals surface area contributed by atoms with Crippen LogP contribution in [0.5, 0.6) is 5.75 Å². The Bertz CT molecular complexity index is 1160. The molecule has 3 fully saturated rings. The lowest BCUT2D eigenvalue weighted by Gasteiger charge is -2.30. The standard InChI is InChI=1S/C27H35N3O4S/c1-34-24-10-7-22(8-11-24)29-35(32,33)26-18-23(9-12-25(26)30-13-3-2-4-14-30)28-27(31)17-21-16-19-5-6-20(21)15-19/h7-12,18-21,29H,2-6,13-17H2,1H3,(H,28,31)/t19-,20+,21+/m0/s1. The molecule has 0 aromatic heterocycles. The maximum absolute atomic E-state index is 13.5. The van der Waals surface area contributed by atoms with E-state index in [1.54, 1.807) is 37.4 Å². The van der Waals surface area contributed by atoms with Gasteiger partial charge in [0.1, 0.15) is 10.6 Å². The van der Waals surface area contributed by atoms with E-state index in [4.69, 9.17) is 4.74 Å².